The van der Waals surface area contributed by atoms with Crippen LogP contribution in [-0.2, 0) is 4.79 Å². The van der Waals surface area contributed by atoms with Gasteiger partial charge in [0.1, 0.15) is 12.0 Å². The molecule has 1 aliphatic rings. The van der Waals surface area contributed by atoms with Crippen molar-refractivity contribution in [3.8, 4) is 11.3 Å². The van der Waals surface area contributed by atoms with E-state index in [-0.39, 0.29) is 34.4 Å². The molecule has 1 amide bonds. The van der Waals surface area contributed by atoms with Crippen LogP contribution in [0.3, 0.4) is 0 Å². The van der Waals surface area contributed by atoms with E-state index in [1.165, 1.54) is 29.2 Å². The Morgan fingerprint density at radius 2 is 2.06 bits per heavy atom. The molecule has 172 valence electrons. The van der Waals surface area contributed by atoms with Gasteiger partial charge in [-0.25, -0.2) is 13.8 Å². The van der Waals surface area contributed by atoms with Crippen LogP contribution in [0.5, 0.6) is 0 Å². The lowest BCUT2D eigenvalue weighted by Gasteiger charge is -2.19. The molecular weight excluding hydrogens is 471 g/mol. The Bertz CT molecular complexity index is 1410. The zero-order valence-electron chi connectivity index (χ0n) is 16.7. The monoisotopic (exact) mass is 484 g/mol. The van der Waals surface area contributed by atoms with Crippen molar-refractivity contribution in [1.29, 1.82) is 0 Å². The average Bonchev–Trinajstić information content (AvgIpc) is 3.11. The lowest BCUT2D eigenvalue weighted by molar-refractivity contribution is -0.146. The third-order valence-electron chi connectivity index (χ3n) is 5.65. The third kappa shape index (κ3) is 3.58. The van der Waals surface area contributed by atoms with Gasteiger partial charge in [-0.3, -0.25) is 14.9 Å². The number of fused-ring (bicyclic) bond motifs is 2. The SMILES string of the molecule is C[C@@H](c1c(F)c(Cl)c(-c2cn3cc(NC(=O)[C@@H]4C[C@@H]4F)nc3cn2)c2cn[nH]c12)C(F)(F)F. The van der Waals surface area contributed by atoms with Gasteiger partial charge in [0.15, 0.2) is 11.5 Å². The molecule has 0 radical (unpaired) electrons. The smallest absolute Gasteiger partial charge is 0.309 e. The van der Waals surface area contributed by atoms with E-state index in [0.717, 1.165) is 6.92 Å². The minimum absolute atomic E-state index is 0.0514. The van der Waals surface area contributed by atoms with Gasteiger partial charge in [-0.15, -0.1) is 0 Å². The second-order valence-corrected chi connectivity index (χ2v) is 8.23. The van der Waals surface area contributed by atoms with E-state index in [2.05, 4.69) is 25.5 Å². The standard InChI is InChI=1S/C20H14ClF5N6O/c1-7(20(24,25)26)14-17(23)16(21)15(9-3-28-31-18(9)14)11-5-32-6-12(29-13(32)4-27-11)30-19(33)8-2-10(8)22/h3-8,10H,2H2,1H3,(H,28,31)(H,30,33)/t7-,8+,10-/m0/s1. The second kappa shape index (κ2) is 7.37. The molecule has 5 rings (SSSR count). The maximum absolute atomic E-state index is 15.1. The van der Waals surface area contributed by atoms with Crippen LogP contribution in [0.1, 0.15) is 24.8 Å². The highest BCUT2D eigenvalue weighted by Crippen LogP contribution is 2.44. The number of alkyl halides is 4. The van der Waals surface area contributed by atoms with Crippen molar-refractivity contribution in [2.45, 2.75) is 31.6 Å². The Morgan fingerprint density at radius 1 is 1.33 bits per heavy atom. The fraction of sp³-hybridized carbons (Fsp3) is 0.300. The van der Waals surface area contributed by atoms with Gasteiger partial charge in [0, 0.05) is 22.7 Å². The fourth-order valence-electron chi connectivity index (χ4n) is 3.70. The van der Waals surface area contributed by atoms with Gasteiger partial charge < -0.3 is 9.72 Å². The molecule has 1 aliphatic carbocycles. The summed E-state index contributed by atoms with van der Waals surface area (Å²) in [5.74, 6) is -4.37. The number of halogens is 6. The highest BCUT2D eigenvalue weighted by Gasteiger charge is 2.44. The molecule has 3 heterocycles. The molecule has 0 saturated heterocycles. The highest BCUT2D eigenvalue weighted by molar-refractivity contribution is 6.35. The number of hydrogen-bond acceptors (Lipinski definition) is 4. The summed E-state index contributed by atoms with van der Waals surface area (Å²) in [6, 6.07) is 0. The summed E-state index contributed by atoms with van der Waals surface area (Å²) in [6.45, 7) is 0.840. The van der Waals surface area contributed by atoms with E-state index in [1.807, 2.05) is 0 Å². The van der Waals surface area contributed by atoms with Crippen molar-refractivity contribution in [2.24, 2.45) is 5.92 Å². The summed E-state index contributed by atoms with van der Waals surface area (Å²) in [5.41, 5.74) is -0.254. The van der Waals surface area contributed by atoms with Gasteiger partial charge >= 0.3 is 6.18 Å². The third-order valence-corrected chi connectivity index (χ3v) is 6.00. The van der Waals surface area contributed by atoms with Crippen molar-refractivity contribution in [1.82, 2.24) is 24.6 Å². The summed E-state index contributed by atoms with van der Waals surface area (Å²) in [7, 11) is 0. The summed E-state index contributed by atoms with van der Waals surface area (Å²) < 4.78 is 69.6. The molecule has 7 nitrogen and oxygen atoms in total. The summed E-state index contributed by atoms with van der Waals surface area (Å²) in [4.78, 5) is 20.3. The van der Waals surface area contributed by atoms with Gasteiger partial charge in [0.2, 0.25) is 5.91 Å². The zero-order chi connectivity index (χ0) is 23.7. The number of nitrogens with zero attached hydrogens (tertiary/aromatic N) is 4. The number of hydrogen-bond donors (Lipinski definition) is 2. The Morgan fingerprint density at radius 3 is 2.73 bits per heavy atom. The lowest BCUT2D eigenvalue weighted by atomic mass is 9.94. The number of aromatic nitrogens is 5. The van der Waals surface area contributed by atoms with Crippen LogP contribution in [0.2, 0.25) is 5.02 Å². The molecule has 1 fully saturated rings. The fourth-order valence-corrected chi connectivity index (χ4v) is 4.00. The number of H-pyrrole nitrogens is 1. The predicted molar refractivity (Wildman–Crippen MR) is 109 cm³/mol. The summed E-state index contributed by atoms with van der Waals surface area (Å²) in [6.07, 6.45) is -0.228. The van der Waals surface area contributed by atoms with Gasteiger partial charge in [-0.2, -0.15) is 18.3 Å². The van der Waals surface area contributed by atoms with Crippen LogP contribution < -0.4 is 5.32 Å². The molecule has 0 spiro atoms. The van der Waals surface area contributed by atoms with E-state index in [9.17, 15) is 22.4 Å². The predicted octanol–water partition coefficient (Wildman–Crippen LogP) is 5.03. The molecule has 1 aromatic carbocycles. The number of imidazole rings is 1. The summed E-state index contributed by atoms with van der Waals surface area (Å²) in [5, 5.41) is 8.36. The molecule has 3 atom stereocenters. The molecule has 4 aromatic rings. The van der Waals surface area contributed by atoms with Gasteiger partial charge in [0.25, 0.3) is 0 Å². The first-order valence-electron chi connectivity index (χ1n) is 9.77. The first-order chi connectivity index (χ1) is 15.6. The second-order valence-electron chi connectivity index (χ2n) is 7.85. The minimum Gasteiger partial charge on any atom is -0.309 e. The maximum Gasteiger partial charge on any atom is 0.395 e. The lowest BCUT2D eigenvalue weighted by Crippen LogP contribution is -2.19. The van der Waals surface area contributed by atoms with Gasteiger partial charge in [-0.05, 0) is 13.3 Å². The van der Waals surface area contributed by atoms with Crippen molar-refractivity contribution < 1.29 is 26.7 Å². The molecule has 13 heteroatoms. The molecule has 0 unspecified atom stereocenters. The number of carbonyl (C=O) groups excluding carboxylic acids is 1. The van der Waals surface area contributed by atoms with E-state index >= 15 is 4.39 Å². The molecule has 33 heavy (non-hydrogen) atoms. The molecular formula is C20H14ClF5N6O. The van der Waals surface area contributed by atoms with Crippen LogP contribution in [0.4, 0.5) is 27.8 Å². The van der Waals surface area contributed by atoms with E-state index < -0.39 is 46.5 Å². The number of carbonyl (C=O) groups is 1. The quantitative estimate of drug-likeness (QED) is 0.398. The Labute approximate surface area is 187 Å². The molecule has 0 bridgehead atoms. The first-order valence-corrected chi connectivity index (χ1v) is 10.1. The molecule has 2 N–H and O–H groups in total. The van der Waals surface area contributed by atoms with Crippen LogP contribution in [0, 0.1) is 11.7 Å². The number of nitrogens with one attached hydrogen (secondary N) is 2. The van der Waals surface area contributed by atoms with Crippen LogP contribution >= 0.6 is 11.6 Å². The van der Waals surface area contributed by atoms with Crippen LogP contribution in [0.15, 0.2) is 24.8 Å². The zero-order valence-corrected chi connectivity index (χ0v) is 17.5. The average molecular weight is 485 g/mol. The maximum atomic E-state index is 15.1. The van der Waals surface area contributed by atoms with Crippen molar-refractivity contribution in [3.05, 3.63) is 41.2 Å². The van der Waals surface area contributed by atoms with Gasteiger partial charge in [0.05, 0.1) is 46.7 Å². The normalized spacial score (nSPS) is 19.2. The number of anilines is 1. The van der Waals surface area contributed by atoms with Crippen molar-refractivity contribution >= 4 is 39.9 Å². The van der Waals surface area contributed by atoms with E-state index in [4.69, 9.17) is 11.6 Å². The number of rotatable bonds is 4. The topological polar surface area (TPSA) is 88.0 Å². The molecule has 0 aliphatic heterocycles. The Kier molecular flexibility index (Phi) is 4.82. The van der Waals surface area contributed by atoms with Crippen LogP contribution in [0.25, 0.3) is 27.8 Å². The van der Waals surface area contributed by atoms with Crippen molar-refractivity contribution in [2.75, 3.05) is 5.32 Å². The largest absolute Gasteiger partial charge is 0.395 e. The molecule has 3 aromatic heterocycles. The van der Waals surface area contributed by atoms with E-state index in [0.29, 0.717) is 5.65 Å². The van der Waals surface area contributed by atoms with Crippen LogP contribution in [-0.4, -0.2) is 42.8 Å². The highest BCUT2D eigenvalue weighted by atomic mass is 35.5. The van der Waals surface area contributed by atoms with E-state index in [1.54, 1.807) is 0 Å². The van der Waals surface area contributed by atoms with Crippen molar-refractivity contribution in [3.63, 3.8) is 0 Å². The summed E-state index contributed by atoms with van der Waals surface area (Å²) >= 11 is 6.20. The number of amides is 1. The first kappa shape index (κ1) is 21.6. The molecule has 1 saturated carbocycles. The number of aromatic amines is 1. The number of benzene rings is 1. The Balaban J connectivity index is 1.59. The Hall–Kier alpha value is -3.28. The minimum atomic E-state index is -4.69. The van der Waals surface area contributed by atoms with Gasteiger partial charge in [-0.1, -0.05) is 11.6 Å².